The molecule has 96 valence electrons. The van der Waals surface area contributed by atoms with Crippen molar-refractivity contribution >= 4 is 5.91 Å². The average Bonchev–Trinajstić information content (AvgIpc) is 2.87. The smallest absolute Gasteiger partial charge is 0.249 e. The molecule has 0 radical (unpaired) electrons. The summed E-state index contributed by atoms with van der Waals surface area (Å²) in [4.78, 5) is 14.2. The highest BCUT2D eigenvalue weighted by Crippen LogP contribution is 2.35. The molecule has 1 aromatic rings. The average molecular weight is 245 g/mol. The Bertz CT molecular complexity index is 431. The van der Waals surface area contributed by atoms with Gasteiger partial charge in [0.05, 0.1) is 18.2 Å². The SMILES string of the molecule is C[C@H](c1ccccc1)N1C(=O)CO[C@@H]2CCC[C@H]21. The van der Waals surface area contributed by atoms with Crippen molar-refractivity contribution in [2.75, 3.05) is 6.61 Å². The maximum Gasteiger partial charge on any atom is 0.249 e. The highest BCUT2D eigenvalue weighted by molar-refractivity contribution is 5.79. The van der Waals surface area contributed by atoms with Crippen molar-refractivity contribution in [2.45, 2.75) is 44.4 Å². The summed E-state index contributed by atoms with van der Waals surface area (Å²) in [6, 6.07) is 10.7. The summed E-state index contributed by atoms with van der Waals surface area (Å²) < 4.78 is 5.64. The molecule has 3 atom stereocenters. The Morgan fingerprint density at radius 1 is 1.28 bits per heavy atom. The van der Waals surface area contributed by atoms with E-state index in [0.717, 1.165) is 12.8 Å². The van der Waals surface area contributed by atoms with E-state index in [1.807, 2.05) is 18.2 Å². The van der Waals surface area contributed by atoms with Crippen LogP contribution in [0.2, 0.25) is 0 Å². The van der Waals surface area contributed by atoms with Gasteiger partial charge in [-0.3, -0.25) is 4.79 Å². The topological polar surface area (TPSA) is 29.5 Å². The van der Waals surface area contributed by atoms with Crippen molar-refractivity contribution in [3.8, 4) is 0 Å². The van der Waals surface area contributed by atoms with Gasteiger partial charge in [-0.05, 0) is 31.7 Å². The lowest BCUT2D eigenvalue weighted by Crippen LogP contribution is -2.52. The van der Waals surface area contributed by atoms with Crippen LogP contribution in [-0.2, 0) is 9.53 Å². The monoisotopic (exact) mass is 245 g/mol. The Hall–Kier alpha value is -1.35. The van der Waals surface area contributed by atoms with Crippen molar-refractivity contribution in [1.82, 2.24) is 4.90 Å². The summed E-state index contributed by atoms with van der Waals surface area (Å²) in [6.07, 6.45) is 3.60. The lowest BCUT2D eigenvalue weighted by molar-refractivity contribution is -0.158. The number of carbonyl (C=O) groups is 1. The predicted octanol–water partition coefficient (Wildman–Crippen LogP) is 2.53. The Labute approximate surface area is 108 Å². The first kappa shape index (κ1) is 11.7. The van der Waals surface area contributed by atoms with Crippen molar-refractivity contribution in [2.24, 2.45) is 0 Å². The molecule has 2 aliphatic rings. The number of fused-ring (bicyclic) bond motifs is 1. The molecule has 1 saturated heterocycles. The number of benzene rings is 1. The summed E-state index contributed by atoms with van der Waals surface area (Å²) >= 11 is 0. The zero-order valence-electron chi connectivity index (χ0n) is 10.7. The zero-order chi connectivity index (χ0) is 12.5. The van der Waals surface area contributed by atoms with Gasteiger partial charge in [0.25, 0.3) is 0 Å². The van der Waals surface area contributed by atoms with Gasteiger partial charge in [0, 0.05) is 0 Å². The molecular formula is C15H19NO2. The molecule has 3 rings (SSSR count). The molecule has 1 aromatic carbocycles. The molecule has 1 heterocycles. The van der Waals surface area contributed by atoms with E-state index in [2.05, 4.69) is 24.0 Å². The molecule has 3 heteroatoms. The second-order valence-electron chi connectivity index (χ2n) is 5.24. The fourth-order valence-corrected chi connectivity index (χ4v) is 3.25. The highest BCUT2D eigenvalue weighted by atomic mass is 16.5. The Morgan fingerprint density at radius 2 is 2.06 bits per heavy atom. The molecule has 1 saturated carbocycles. The van der Waals surface area contributed by atoms with Crippen LogP contribution in [-0.4, -0.2) is 29.6 Å². The quantitative estimate of drug-likeness (QED) is 0.801. The molecule has 0 unspecified atom stereocenters. The number of amides is 1. The Kier molecular flexibility index (Phi) is 3.08. The number of carbonyl (C=O) groups excluding carboxylic acids is 1. The van der Waals surface area contributed by atoms with Gasteiger partial charge < -0.3 is 9.64 Å². The van der Waals surface area contributed by atoms with Crippen molar-refractivity contribution in [3.05, 3.63) is 35.9 Å². The first-order valence-corrected chi connectivity index (χ1v) is 6.75. The van der Waals surface area contributed by atoms with Crippen LogP contribution in [0, 0.1) is 0 Å². The lowest BCUT2D eigenvalue weighted by atomic mass is 10.0. The minimum atomic E-state index is 0.134. The van der Waals surface area contributed by atoms with Gasteiger partial charge in [0.2, 0.25) is 5.91 Å². The molecule has 0 spiro atoms. The fraction of sp³-hybridized carbons (Fsp3) is 0.533. The fourth-order valence-electron chi connectivity index (χ4n) is 3.25. The molecule has 1 aliphatic carbocycles. The Morgan fingerprint density at radius 3 is 2.83 bits per heavy atom. The largest absolute Gasteiger partial charge is 0.366 e. The number of morpholine rings is 1. The third-order valence-electron chi connectivity index (χ3n) is 4.18. The standard InChI is InChI=1S/C15H19NO2/c1-11(12-6-3-2-4-7-12)16-13-8-5-9-14(13)18-10-15(16)17/h2-4,6-7,11,13-14H,5,8-10H2,1H3/t11-,13-,14-/m1/s1. The first-order chi connectivity index (χ1) is 8.77. The second kappa shape index (κ2) is 4.73. The summed E-state index contributed by atoms with van der Waals surface area (Å²) in [5, 5.41) is 0. The van der Waals surface area contributed by atoms with Crippen LogP contribution in [0.3, 0.4) is 0 Å². The van der Waals surface area contributed by atoms with Gasteiger partial charge in [-0.15, -0.1) is 0 Å². The maximum absolute atomic E-state index is 12.2. The molecule has 1 amide bonds. The van der Waals surface area contributed by atoms with E-state index >= 15 is 0 Å². The number of rotatable bonds is 2. The minimum absolute atomic E-state index is 0.134. The van der Waals surface area contributed by atoms with Crippen LogP contribution in [0.15, 0.2) is 30.3 Å². The summed E-state index contributed by atoms with van der Waals surface area (Å²) in [5.74, 6) is 0.134. The number of nitrogens with zero attached hydrogens (tertiary/aromatic N) is 1. The van der Waals surface area contributed by atoms with Gasteiger partial charge in [-0.1, -0.05) is 30.3 Å². The maximum atomic E-state index is 12.2. The van der Waals surface area contributed by atoms with Gasteiger partial charge in [0.1, 0.15) is 6.61 Å². The van der Waals surface area contributed by atoms with E-state index in [1.165, 1.54) is 12.0 Å². The van der Waals surface area contributed by atoms with Gasteiger partial charge in [-0.25, -0.2) is 0 Å². The number of hydrogen-bond acceptors (Lipinski definition) is 2. The molecule has 2 fully saturated rings. The highest BCUT2D eigenvalue weighted by Gasteiger charge is 2.41. The van der Waals surface area contributed by atoms with Gasteiger partial charge >= 0.3 is 0 Å². The molecule has 0 aromatic heterocycles. The molecule has 18 heavy (non-hydrogen) atoms. The van der Waals surface area contributed by atoms with Crippen molar-refractivity contribution < 1.29 is 9.53 Å². The van der Waals surface area contributed by atoms with E-state index in [-0.39, 0.29) is 30.7 Å². The molecule has 3 nitrogen and oxygen atoms in total. The van der Waals surface area contributed by atoms with Crippen LogP contribution in [0.1, 0.15) is 37.8 Å². The molecule has 0 N–H and O–H groups in total. The molecule has 0 bridgehead atoms. The predicted molar refractivity (Wildman–Crippen MR) is 69.1 cm³/mol. The number of hydrogen-bond donors (Lipinski definition) is 0. The molecular weight excluding hydrogens is 226 g/mol. The molecule has 1 aliphatic heterocycles. The van der Waals surface area contributed by atoms with Crippen LogP contribution in [0.4, 0.5) is 0 Å². The van der Waals surface area contributed by atoms with Gasteiger partial charge in [0.15, 0.2) is 0 Å². The third-order valence-corrected chi connectivity index (χ3v) is 4.18. The van der Waals surface area contributed by atoms with E-state index < -0.39 is 0 Å². The number of ether oxygens (including phenoxy) is 1. The summed E-state index contributed by atoms with van der Waals surface area (Å²) in [5.41, 5.74) is 1.21. The van der Waals surface area contributed by atoms with E-state index in [4.69, 9.17) is 4.74 Å². The van der Waals surface area contributed by atoms with E-state index in [9.17, 15) is 4.79 Å². The minimum Gasteiger partial charge on any atom is -0.366 e. The van der Waals surface area contributed by atoms with E-state index in [0.29, 0.717) is 0 Å². The van der Waals surface area contributed by atoms with Crippen molar-refractivity contribution in [1.29, 1.82) is 0 Å². The van der Waals surface area contributed by atoms with Crippen LogP contribution in [0.5, 0.6) is 0 Å². The van der Waals surface area contributed by atoms with Crippen LogP contribution < -0.4 is 0 Å². The van der Waals surface area contributed by atoms with Crippen molar-refractivity contribution in [3.63, 3.8) is 0 Å². The first-order valence-electron chi connectivity index (χ1n) is 6.75. The summed E-state index contributed by atoms with van der Waals surface area (Å²) in [6.45, 7) is 2.37. The van der Waals surface area contributed by atoms with Crippen LogP contribution >= 0.6 is 0 Å². The van der Waals surface area contributed by atoms with Crippen LogP contribution in [0.25, 0.3) is 0 Å². The van der Waals surface area contributed by atoms with Gasteiger partial charge in [-0.2, -0.15) is 0 Å². The van der Waals surface area contributed by atoms with E-state index in [1.54, 1.807) is 0 Å². The zero-order valence-corrected chi connectivity index (χ0v) is 10.7. The lowest BCUT2D eigenvalue weighted by Gasteiger charge is -2.41. The normalized spacial score (nSPS) is 29.2. The summed E-state index contributed by atoms with van der Waals surface area (Å²) in [7, 11) is 0. The Balaban J connectivity index is 1.86. The third kappa shape index (κ3) is 1.93. The second-order valence-corrected chi connectivity index (χ2v) is 5.24.